The minimum atomic E-state index is -0.567. The molecule has 11 heteroatoms. The summed E-state index contributed by atoms with van der Waals surface area (Å²) in [5.41, 5.74) is 2.72. The van der Waals surface area contributed by atoms with Crippen LogP contribution in [0.1, 0.15) is 47.3 Å². The number of carbonyl (C=O) groups is 2. The van der Waals surface area contributed by atoms with E-state index >= 15 is 0 Å². The summed E-state index contributed by atoms with van der Waals surface area (Å²) in [5, 5.41) is 6.26. The second-order valence-corrected chi connectivity index (χ2v) is 11.4. The van der Waals surface area contributed by atoms with Gasteiger partial charge in [-0.2, -0.15) is 0 Å². The van der Waals surface area contributed by atoms with Crippen LogP contribution in [0.5, 0.6) is 0 Å². The number of halogens is 2. The first-order chi connectivity index (χ1) is 20.7. The number of anilines is 2. The van der Waals surface area contributed by atoms with Crippen LogP contribution in [0.25, 0.3) is 11.4 Å². The standard InChI is InChI=1S/C32H31ClFN5O4/c1-32(43-3)13-11-19(25(15-32)42-2)16-39-17-24-27(31(39)41)29(38-28(37-24)26-22(33)5-4-6-23(26)34)36-20-9-7-18(8-10-20)21-12-14-35-30(21)40/h4-11,13,21H,12,14-17H2,1-3H3,(H,35,40)(H,36,37,38). The van der Waals surface area contributed by atoms with E-state index in [0.29, 0.717) is 29.9 Å². The second kappa shape index (κ2) is 11.4. The van der Waals surface area contributed by atoms with Crippen LogP contribution in [0.4, 0.5) is 15.9 Å². The largest absolute Gasteiger partial charge is 0.501 e. The number of aromatic nitrogens is 2. The van der Waals surface area contributed by atoms with E-state index in [0.717, 1.165) is 23.3 Å². The van der Waals surface area contributed by atoms with Crippen LogP contribution < -0.4 is 10.6 Å². The lowest BCUT2D eigenvalue weighted by molar-refractivity contribution is -0.120. The molecule has 43 heavy (non-hydrogen) atoms. The second-order valence-electron chi connectivity index (χ2n) is 11.0. The first-order valence-corrected chi connectivity index (χ1v) is 14.4. The molecule has 2 unspecified atom stereocenters. The molecular formula is C32H31ClFN5O4. The summed E-state index contributed by atoms with van der Waals surface area (Å²) in [6.07, 6.45) is 5.15. The molecule has 6 rings (SSSR count). The van der Waals surface area contributed by atoms with Gasteiger partial charge in [0.2, 0.25) is 5.91 Å². The molecule has 0 radical (unpaired) electrons. The maximum absolute atomic E-state index is 15.0. The minimum absolute atomic E-state index is 0.0119. The predicted octanol–water partition coefficient (Wildman–Crippen LogP) is 5.50. The molecule has 9 nitrogen and oxygen atoms in total. The van der Waals surface area contributed by atoms with Crippen molar-refractivity contribution in [2.75, 3.05) is 32.6 Å². The van der Waals surface area contributed by atoms with E-state index in [-0.39, 0.29) is 53.1 Å². The van der Waals surface area contributed by atoms with Crippen molar-refractivity contribution in [1.29, 1.82) is 0 Å². The number of hydrogen-bond acceptors (Lipinski definition) is 7. The summed E-state index contributed by atoms with van der Waals surface area (Å²) in [6, 6.07) is 11.8. The fourth-order valence-corrected chi connectivity index (χ4v) is 5.94. The van der Waals surface area contributed by atoms with Crippen LogP contribution in [0.15, 0.2) is 65.9 Å². The SMILES string of the molecule is COC1=C(CN2Cc3nc(-c4c(F)cccc4Cl)nc(Nc4ccc(C5CCNC5=O)cc4)c3C2=O)C=CC(C)(OC)C1. The van der Waals surface area contributed by atoms with Crippen molar-refractivity contribution >= 4 is 34.9 Å². The Hall–Kier alpha value is -4.28. The summed E-state index contributed by atoms with van der Waals surface area (Å²) in [7, 11) is 3.25. The number of nitrogens with zero attached hydrogens (tertiary/aromatic N) is 3. The van der Waals surface area contributed by atoms with Gasteiger partial charge in [0, 0.05) is 37.9 Å². The van der Waals surface area contributed by atoms with Gasteiger partial charge in [0.25, 0.3) is 5.91 Å². The number of benzene rings is 2. The van der Waals surface area contributed by atoms with Crippen LogP contribution in [0, 0.1) is 5.82 Å². The number of fused-ring (bicyclic) bond motifs is 1. The normalized spacial score (nSPS) is 21.3. The molecule has 2 amide bonds. The zero-order valence-corrected chi connectivity index (χ0v) is 24.8. The molecule has 222 valence electrons. The lowest BCUT2D eigenvalue weighted by atomic mass is 9.92. The molecule has 0 bridgehead atoms. The molecule has 2 aliphatic heterocycles. The molecule has 3 heterocycles. The molecule has 2 aromatic carbocycles. The van der Waals surface area contributed by atoms with Gasteiger partial charge >= 0.3 is 0 Å². The Labute approximate surface area is 253 Å². The van der Waals surface area contributed by atoms with E-state index in [1.165, 1.54) is 12.1 Å². The highest BCUT2D eigenvalue weighted by atomic mass is 35.5. The molecule has 2 atom stereocenters. The van der Waals surface area contributed by atoms with Crippen molar-refractivity contribution in [3.05, 3.63) is 93.6 Å². The number of hydrogen-bond donors (Lipinski definition) is 2. The van der Waals surface area contributed by atoms with Crippen LogP contribution in [-0.2, 0) is 20.8 Å². The van der Waals surface area contributed by atoms with Crippen LogP contribution >= 0.6 is 11.6 Å². The zero-order valence-electron chi connectivity index (χ0n) is 24.0. The Morgan fingerprint density at radius 1 is 1.14 bits per heavy atom. The smallest absolute Gasteiger partial charge is 0.260 e. The van der Waals surface area contributed by atoms with Gasteiger partial charge in [-0.1, -0.05) is 42.0 Å². The maximum Gasteiger partial charge on any atom is 0.260 e. The van der Waals surface area contributed by atoms with Gasteiger partial charge in [-0.3, -0.25) is 9.59 Å². The number of methoxy groups -OCH3 is 2. The van der Waals surface area contributed by atoms with Crippen molar-refractivity contribution in [2.45, 2.75) is 37.8 Å². The van der Waals surface area contributed by atoms with Crippen LogP contribution in [-0.4, -0.2) is 59.6 Å². The molecule has 2 N–H and O–H groups in total. The highest BCUT2D eigenvalue weighted by Gasteiger charge is 2.36. The Kier molecular flexibility index (Phi) is 7.66. The molecule has 1 fully saturated rings. The molecule has 3 aliphatic rings. The average Bonchev–Trinajstić information content (AvgIpc) is 3.56. The van der Waals surface area contributed by atoms with Crippen molar-refractivity contribution in [3.63, 3.8) is 0 Å². The van der Waals surface area contributed by atoms with Gasteiger partial charge < -0.3 is 25.0 Å². The summed E-state index contributed by atoms with van der Waals surface area (Å²) in [6.45, 7) is 3.09. The quantitative estimate of drug-likeness (QED) is 0.350. The summed E-state index contributed by atoms with van der Waals surface area (Å²) in [5.74, 6) is 0.0344. The first kappa shape index (κ1) is 28.8. The van der Waals surface area contributed by atoms with E-state index < -0.39 is 11.4 Å². The molecule has 0 spiro atoms. The van der Waals surface area contributed by atoms with Gasteiger partial charge in [-0.05, 0) is 43.2 Å². The number of ether oxygens (including phenoxy) is 2. The fraction of sp³-hybridized carbons (Fsp3) is 0.312. The van der Waals surface area contributed by atoms with E-state index in [1.54, 1.807) is 25.2 Å². The molecule has 1 aromatic heterocycles. The van der Waals surface area contributed by atoms with E-state index in [2.05, 4.69) is 20.6 Å². The molecular weight excluding hydrogens is 573 g/mol. The third-order valence-electron chi connectivity index (χ3n) is 8.22. The lowest BCUT2D eigenvalue weighted by Crippen LogP contribution is -2.32. The lowest BCUT2D eigenvalue weighted by Gasteiger charge is -2.30. The van der Waals surface area contributed by atoms with E-state index in [1.807, 2.05) is 43.3 Å². The summed E-state index contributed by atoms with van der Waals surface area (Å²) in [4.78, 5) is 36.9. The van der Waals surface area contributed by atoms with E-state index in [9.17, 15) is 14.0 Å². The highest BCUT2D eigenvalue weighted by Crippen LogP contribution is 2.37. The Balaban J connectivity index is 1.35. The van der Waals surface area contributed by atoms with Crippen molar-refractivity contribution in [2.24, 2.45) is 0 Å². The zero-order chi connectivity index (χ0) is 30.3. The third-order valence-corrected chi connectivity index (χ3v) is 8.53. The van der Waals surface area contributed by atoms with Gasteiger partial charge in [-0.25, -0.2) is 14.4 Å². The Morgan fingerprint density at radius 2 is 1.93 bits per heavy atom. The van der Waals surface area contributed by atoms with Gasteiger partial charge in [-0.15, -0.1) is 0 Å². The third kappa shape index (κ3) is 5.48. The number of amides is 2. The van der Waals surface area contributed by atoms with Gasteiger partial charge in [0.05, 0.1) is 41.5 Å². The Morgan fingerprint density at radius 3 is 2.60 bits per heavy atom. The number of nitrogens with one attached hydrogen (secondary N) is 2. The van der Waals surface area contributed by atoms with Crippen LogP contribution in [0.2, 0.25) is 5.02 Å². The van der Waals surface area contributed by atoms with Gasteiger partial charge in [0.15, 0.2) is 5.82 Å². The summed E-state index contributed by atoms with van der Waals surface area (Å²) < 4.78 is 26.3. The molecule has 1 aliphatic carbocycles. The minimum Gasteiger partial charge on any atom is -0.501 e. The molecule has 3 aromatic rings. The highest BCUT2D eigenvalue weighted by molar-refractivity contribution is 6.33. The maximum atomic E-state index is 15.0. The monoisotopic (exact) mass is 603 g/mol. The van der Waals surface area contributed by atoms with Crippen molar-refractivity contribution < 1.29 is 23.5 Å². The average molecular weight is 604 g/mol. The number of rotatable bonds is 8. The summed E-state index contributed by atoms with van der Waals surface area (Å²) >= 11 is 6.38. The van der Waals surface area contributed by atoms with Crippen molar-refractivity contribution in [1.82, 2.24) is 20.2 Å². The van der Waals surface area contributed by atoms with Gasteiger partial charge in [0.1, 0.15) is 23.0 Å². The fourth-order valence-electron chi connectivity index (χ4n) is 5.70. The van der Waals surface area contributed by atoms with Crippen molar-refractivity contribution in [3.8, 4) is 11.4 Å². The molecule has 0 saturated carbocycles. The first-order valence-electron chi connectivity index (χ1n) is 14.0. The molecule has 1 saturated heterocycles. The van der Waals surface area contributed by atoms with E-state index in [4.69, 9.17) is 21.1 Å². The number of carbonyl (C=O) groups excluding carboxylic acids is 2. The topological polar surface area (TPSA) is 106 Å². The predicted molar refractivity (Wildman–Crippen MR) is 160 cm³/mol. The van der Waals surface area contributed by atoms with Crippen LogP contribution in [0.3, 0.4) is 0 Å². The Bertz CT molecular complexity index is 1650.